The maximum atomic E-state index is 12.2. The number of benzene rings is 1. The molecule has 1 saturated heterocycles. The molecule has 0 bridgehead atoms. The second kappa shape index (κ2) is 6.20. The molecule has 0 saturated carbocycles. The van der Waals surface area contributed by atoms with Crippen molar-refractivity contribution in [3.8, 4) is 0 Å². The summed E-state index contributed by atoms with van der Waals surface area (Å²) in [5, 5.41) is 3.95. The van der Waals surface area contributed by atoms with Crippen LogP contribution in [0.5, 0.6) is 0 Å². The zero-order valence-electron chi connectivity index (χ0n) is 14.3. The van der Waals surface area contributed by atoms with E-state index in [2.05, 4.69) is 5.32 Å². The van der Waals surface area contributed by atoms with E-state index in [1.165, 1.54) is 5.06 Å². The molecule has 0 unspecified atom stereocenters. The molecule has 1 atom stereocenters. The first-order valence-corrected chi connectivity index (χ1v) is 7.61. The highest BCUT2D eigenvalue weighted by atomic mass is 16.7. The first-order valence-electron chi connectivity index (χ1n) is 7.61. The predicted molar refractivity (Wildman–Crippen MR) is 85.3 cm³/mol. The van der Waals surface area contributed by atoms with Crippen LogP contribution in [0.1, 0.15) is 40.2 Å². The molecule has 6 heteroatoms. The van der Waals surface area contributed by atoms with Crippen molar-refractivity contribution in [3.05, 3.63) is 35.9 Å². The normalized spacial score (nSPS) is 20.0. The van der Waals surface area contributed by atoms with E-state index in [0.717, 1.165) is 5.56 Å². The second-order valence-electron chi connectivity index (χ2n) is 7.21. The zero-order chi connectivity index (χ0) is 17.3. The van der Waals surface area contributed by atoms with Crippen molar-refractivity contribution in [2.45, 2.75) is 58.4 Å². The van der Waals surface area contributed by atoms with Crippen molar-refractivity contribution in [3.63, 3.8) is 0 Å². The molecule has 1 aliphatic heterocycles. The summed E-state index contributed by atoms with van der Waals surface area (Å²) in [6.45, 7) is 9.42. The van der Waals surface area contributed by atoms with Crippen molar-refractivity contribution in [1.29, 1.82) is 0 Å². The molecule has 1 N–H and O–H groups in total. The number of hydrogen-bond donors (Lipinski definition) is 1. The van der Waals surface area contributed by atoms with Crippen molar-refractivity contribution in [2.24, 2.45) is 0 Å². The Balaban J connectivity index is 1.91. The van der Waals surface area contributed by atoms with E-state index in [-0.39, 0.29) is 12.5 Å². The molecule has 1 fully saturated rings. The highest BCUT2D eigenvalue weighted by molar-refractivity contribution is 5.90. The van der Waals surface area contributed by atoms with Gasteiger partial charge in [-0.25, -0.2) is 9.86 Å². The SMILES string of the molecule is CC(C)(C)NC(=O)O[C@@H]1C(=O)N(OCc2ccccc2)C1(C)C. The maximum absolute atomic E-state index is 12.2. The van der Waals surface area contributed by atoms with Gasteiger partial charge in [0.05, 0.1) is 0 Å². The molecule has 0 spiro atoms. The smallest absolute Gasteiger partial charge is 0.408 e. The molecule has 6 nitrogen and oxygen atoms in total. The van der Waals surface area contributed by atoms with Gasteiger partial charge >= 0.3 is 6.09 Å². The number of β-lactam (4-membered cyclic amide) rings is 1. The van der Waals surface area contributed by atoms with E-state index in [0.29, 0.717) is 0 Å². The van der Waals surface area contributed by atoms with E-state index in [9.17, 15) is 9.59 Å². The Morgan fingerprint density at radius 1 is 1.26 bits per heavy atom. The van der Waals surface area contributed by atoms with Crippen molar-refractivity contribution >= 4 is 12.0 Å². The standard InChI is InChI=1S/C17H24N2O4/c1-16(2,3)18-15(21)23-13-14(20)19(17(13,4)5)22-11-12-9-7-6-8-10-12/h6-10,13H,11H2,1-5H3,(H,18,21)/t13-/m1/s1. The van der Waals surface area contributed by atoms with Crippen LogP contribution in [-0.2, 0) is 21.0 Å². The van der Waals surface area contributed by atoms with Crippen molar-refractivity contribution in [2.75, 3.05) is 0 Å². The van der Waals surface area contributed by atoms with Crippen LogP contribution in [0.15, 0.2) is 30.3 Å². The topological polar surface area (TPSA) is 67.9 Å². The van der Waals surface area contributed by atoms with Crippen LogP contribution in [0.2, 0.25) is 0 Å². The van der Waals surface area contributed by atoms with Gasteiger partial charge in [-0.2, -0.15) is 0 Å². The fourth-order valence-corrected chi connectivity index (χ4v) is 2.31. The van der Waals surface area contributed by atoms with E-state index >= 15 is 0 Å². The van der Waals surface area contributed by atoms with Gasteiger partial charge in [0.15, 0.2) is 0 Å². The molecule has 0 aromatic heterocycles. The summed E-state index contributed by atoms with van der Waals surface area (Å²) in [7, 11) is 0. The van der Waals surface area contributed by atoms with E-state index in [1.807, 2.05) is 51.1 Å². The summed E-state index contributed by atoms with van der Waals surface area (Å²) in [6, 6.07) is 9.57. The number of hydroxylamine groups is 2. The van der Waals surface area contributed by atoms with Gasteiger partial charge in [0, 0.05) is 5.54 Å². The third kappa shape index (κ3) is 4.01. The van der Waals surface area contributed by atoms with E-state index < -0.39 is 23.3 Å². The van der Waals surface area contributed by atoms with Gasteiger partial charge in [-0.3, -0.25) is 9.63 Å². The molecule has 2 rings (SSSR count). The average molecular weight is 320 g/mol. The predicted octanol–water partition coefficient (Wildman–Crippen LogP) is 2.63. The third-order valence-electron chi connectivity index (χ3n) is 3.49. The van der Waals surface area contributed by atoms with Gasteiger partial charge in [-0.1, -0.05) is 30.3 Å². The largest absolute Gasteiger partial charge is 0.433 e. The number of alkyl carbamates (subject to hydrolysis) is 1. The van der Waals surface area contributed by atoms with Gasteiger partial charge in [0.1, 0.15) is 12.1 Å². The number of rotatable bonds is 4. The number of nitrogens with one attached hydrogen (secondary N) is 1. The fourth-order valence-electron chi connectivity index (χ4n) is 2.31. The quantitative estimate of drug-likeness (QED) is 0.866. The van der Waals surface area contributed by atoms with E-state index in [1.54, 1.807) is 13.8 Å². The minimum Gasteiger partial charge on any atom is -0.433 e. The number of hydrogen-bond acceptors (Lipinski definition) is 4. The highest BCUT2D eigenvalue weighted by Gasteiger charge is 2.58. The van der Waals surface area contributed by atoms with Crippen LogP contribution in [0.3, 0.4) is 0 Å². The first-order chi connectivity index (χ1) is 10.6. The zero-order valence-corrected chi connectivity index (χ0v) is 14.3. The first kappa shape index (κ1) is 17.3. The van der Waals surface area contributed by atoms with Crippen LogP contribution in [0, 0.1) is 0 Å². The minimum atomic E-state index is -0.847. The summed E-state index contributed by atoms with van der Waals surface area (Å²) in [5.74, 6) is -0.352. The molecule has 2 amide bonds. The molecular weight excluding hydrogens is 296 g/mol. The van der Waals surface area contributed by atoms with E-state index in [4.69, 9.17) is 9.57 Å². The summed E-state index contributed by atoms with van der Waals surface area (Å²) < 4.78 is 5.25. The van der Waals surface area contributed by atoms with Crippen LogP contribution in [0.4, 0.5) is 4.79 Å². The Hall–Kier alpha value is -2.08. The summed E-state index contributed by atoms with van der Waals surface area (Å²) in [6.07, 6.45) is -1.45. The molecule has 126 valence electrons. The average Bonchev–Trinajstić information content (AvgIpc) is 2.44. The van der Waals surface area contributed by atoms with Gasteiger partial charge in [-0.15, -0.1) is 0 Å². The molecular formula is C17H24N2O4. The number of carbonyl (C=O) groups is 2. The number of amides is 2. The Bertz CT molecular complexity index is 578. The maximum Gasteiger partial charge on any atom is 0.408 e. The molecule has 1 aromatic rings. The summed E-state index contributed by atoms with van der Waals surface area (Å²) >= 11 is 0. The monoisotopic (exact) mass is 320 g/mol. The third-order valence-corrected chi connectivity index (χ3v) is 3.49. The highest BCUT2D eigenvalue weighted by Crippen LogP contribution is 2.35. The Kier molecular flexibility index (Phi) is 4.66. The molecule has 0 aliphatic carbocycles. The van der Waals surface area contributed by atoms with Crippen LogP contribution < -0.4 is 5.32 Å². The van der Waals surface area contributed by atoms with Gasteiger partial charge < -0.3 is 10.1 Å². The lowest BCUT2D eigenvalue weighted by atomic mass is 9.87. The van der Waals surface area contributed by atoms with Crippen LogP contribution in [-0.4, -0.2) is 34.2 Å². The fraction of sp³-hybridized carbons (Fsp3) is 0.529. The Labute approximate surface area is 136 Å². The molecule has 1 aromatic carbocycles. The second-order valence-corrected chi connectivity index (χ2v) is 7.21. The Morgan fingerprint density at radius 2 is 1.87 bits per heavy atom. The van der Waals surface area contributed by atoms with Crippen molar-refractivity contribution in [1.82, 2.24) is 10.4 Å². The van der Waals surface area contributed by atoms with Crippen LogP contribution in [0.25, 0.3) is 0 Å². The lowest BCUT2D eigenvalue weighted by Crippen LogP contribution is -2.72. The number of nitrogens with zero attached hydrogens (tertiary/aromatic N) is 1. The Morgan fingerprint density at radius 3 is 2.39 bits per heavy atom. The van der Waals surface area contributed by atoms with Gasteiger partial charge in [0.25, 0.3) is 5.91 Å². The van der Waals surface area contributed by atoms with Crippen LogP contribution >= 0.6 is 0 Å². The van der Waals surface area contributed by atoms with Gasteiger partial charge in [0.2, 0.25) is 6.10 Å². The lowest BCUT2D eigenvalue weighted by Gasteiger charge is -2.50. The molecule has 1 heterocycles. The van der Waals surface area contributed by atoms with Gasteiger partial charge in [-0.05, 0) is 40.2 Å². The minimum absolute atomic E-state index is 0.289. The molecule has 23 heavy (non-hydrogen) atoms. The number of ether oxygens (including phenoxy) is 1. The summed E-state index contributed by atoms with van der Waals surface area (Å²) in [4.78, 5) is 29.6. The summed E-state index contributed by atoms with van der Waals surface area (Å²) in [5.41, 5.74) is -0.163. The molecule has 1 aliphatic rings. The van der Waals surface area contributed by atoms with Crippen molar-refractivity contribution < 1.29 is 19.2 Å². The molecule has 0 radical (unpaired) electrons. The lowest BCUT2D eigenvalue weighted by molar-refractivity contribution is -0.283. The number of carbonyl (C=O) groups excluding carboxylic acids is 2.